The summed E-state index contributed by atoms with van der Waals surface area (Å²) >= 11 is 0. The molecule has 0 rings (SSSR count). The first-order valence-corrected chi connectivity index (χ1v) is 3.68. The monoisotopic (exact) mass is 127 g/mol. The summed E-state index contributed by atoms with van der Waals surface area (Å²) in [7, 11) is 0. The zero-order valence-electron chi connectivity index (χ0n) is 6.48. The number of unbranched alkanes of at least 4 members (excludes halogenated alkanes) is 1. The Morgan fingerprint density at radius 3 is 2.78 bits per heavy atom. The van der Waals surface area contributed by atoms with Crippen molar-refractivity contribution >= 4 is 0 Å². The van der Waals surface area contributed by atoms with E-state index in [2.05, 4.69) is 25.7 Å². The van der Waals surface area contributed by atoms with Crippen LogP contribution >= 0.6 is 0 Å². The van der Waals surface area contributed by atoms with Crippen LogP contribution in [-0.4, -0.2) is 6.04 Å². The van der Waals surface area contributed by atoms with Gasteiger partial charge in [0.2, 0.25) is 0 Å². The highest BCUT2D eigenvalue weighted by atomic mass is 14.9. The predicted octanol–water partition coefficient (Wildman–Crippen LogP) is 2.30. The second kappa shape index (κ2) is 5.67. The molecular weight excluding hydrogens is 110 g/mol. The van der Waals surface area contributed by atoms with Crippen LogP contribution in [0.15, 0.2) is 12.8 Å². The average molecular weight is 127 g/mol. The lowest BCUT2D eigenvalue weighted by Gasteiger charge is -2.09. The van der Waals surface area contributed by atoms with Gasteiger partial charge in [-0.15, -0.1) is 0 Å². The topological polar surface area (TPSA) is 12.0 Å². The predicted molar refractivity (Wildman–Crippen MR) is 42.3 cm³/mol. The van der Waals surface area contributed by atoms with Crippen molar-refractivity contribution < 1.29 is 0 Å². The summed E-state index contributed by atoms with van der Waals surface area (Å²) < 4.78 is 0. The Labute approximate surface area is 58.2 Å². The van der Waals surface area contributed by atoms with Gasteiger partial charge in [0, 0.05) is 6.04 Å². The fraction of sp³-hybridized carbons (Fsp3) is 0.750. The maximum atomic E-state index is 3.60. The van der Waals surface area contributed by atoms with E-state index in [1.54, 1.807) is 6.20 Å². The third kappa shape index (κ3) is 5.41. The number of hydrogen-bond donors (Lipinski definition) is 1. The summed E-state index contributed by atoms with van der Waals surface area (Å²) in [6.07, 6.45) is 5.61. The van der Waals surface area contributed by atoms with Gasteiger partial charge in [-0.2, -0.15) is 0 Å². The van der Waals surface area contributed by atoms with Crippen LogP contribution in [0, 0.1) is 0 Å². The van der Waals surface area contributed by atoms with E-state index in [4.69, 9.17) is 0 Å². The highest BCUT2D eigenvalue weighted by Gasteiger charge is 1.94. The van der Waals surface area contributed by atoms with E-state index < -0.39 is 0 Å². The molecule has 0 radical (unpaired) electrons. The van der Waals surface area contributed by atoms with Crippen LogP contribution in [-0.2, 0) is 0 Å². The number of rotatable bonds is 5. The minimum atomic E-state index is 0.599. The Hall–Kier alpha value is -0.460. The molecule has 0 aromatic rings. The van der Waals surface area contributed by atoms with Crippen LogP contribution in [0.25, 0.3) is 0 Å². The molecule has 0 aliphatic rings. The molecule has 0 saturated carbocycles. The molecule has 1 unspecified atom stereocenters. The molecule has 1 N–H and O–H groups in total. The molecule has 9 heavy (non-hydrogen) atoms. The lowest BCUT2D eigenvalue weighted by atomic mass is 10.1. The Balaban J connectivity index is 3.04. The summed E-state index contributed by atoms with van der Waals surface area (Å²) in [6.45, 7) is 7.98. The minimum Gasteiger partial charge on any atom is -0.389 e. The molecule has 1 nitrogen and oxygen atoms in total. The first kappa shape index (κ1) is 8.54. The Morgan fingerprint density at radius 1 is 1.67 bits per heavy atom. The fourth-order valence-corrected chi connectivity index (χ4v) is 0.795. The van der Waals surface area contributed by atoms with E-state index in [9.17, 15) is 0 Å². The van der Waals surface area contributed by atoms with Crippen molar-refractivity contribution in [2.24, 2.45) is 0 Å². The summed E-state index contributed by atoms with van der Waals surface area (Å²) in [4.78, 5) is 0. The maximum Gasteiger partial charge on any atom is 0.0227 e. The van der Waals surface area contributed by atoms with E-state index in [0.29, 0.717) is 6.04 Å². The number of nitrogens with one attached hydrogen (secondary N) is 1. The molecule has 54 valence electrons. The summed E-state index contributed by atoms with van der Waals surface area (Å²) in [6, 6.07) is 0.599. The molecule has 1 atom stereocenters. The van der Waals surface area contributed by atoms with Gasteiger partial charge >= 0.3 is 0 Å². The van der Waals surface area contributed by atoms with Gasteiger partial charge in [-0.3, -0.25) is 0 Å². The molecule has 0 spiro atoms. The molecule has 0 heterocycles. The molecule has 0 fully saturated rings. The summed E-state index contributed by atoms with van der Waals surface area (Å²) in [5, 5.41) is 3.14. The van der Waals surface area contributed by atoms with Crippen LogP contribution < -0.4 is 5.32 Å². The van der Waals surface area contributed by atoms with Gasteiger partial charge in [-0.05, 0) is 19.5 Å². The zero-order chi connectivity index (χ0) is 7.11. The van der Waals surface area contributed by atoms with Gasteiger partial charge in [0.1, 0.15) is 0 Å². The average Bonchev–Trinajstić information content (AvgIpc) is 1.85. The summed E-state index contributed by atoms with van der Waals surface area (Å²) in [5.41, 5.74) is 0. The molecule has 0 aromatic heterocycles. The van der Waals surface area contributed by atoms with E-state index in [-0.39, 0.29) is 0 Å². The molecule has 0 bridgehead atoms. The SMILES string of the molecule is C=CNC(C)CCCC. The fourth-order valence-electron chi connectivity index (χ4n) is 0.795. The van der Waals surface area contributed by atoms with Gasteiger partial charge < -0.3 is 5.32 Å². The van der Waals surface area contributed by atoms with Gasteiger partial charge in [0.25, 0.3) is 0 Å². The van der Waals surface area contributed by atoms with Crippen LogP contribution in [0.2, 0.25) is 0 Å². The van der Waals surface area contributed by atoms with Crippen molar-refractivity contribution in [3.05, 3.63) is 12.8 Å². The minimum absolute atomic E-state index is 0.599. The highest BCUT2D eigenvalue weighted by molar-refractivity contribution is 4.69. The first-order valence-electron chi connectivity index (χ1n) is 3.68. The maximum absolute atomic E-state index is 3.60. The molecule has 1 heteroatoms. The highest BCUT2D eigenvalue weighted by Crippen LogP contribution is 1.98. The van der Waals surface area contributed by atoms with Crippen molar-refractivity contribution in [3.8, 4) is 0 Å². The zero-order valence-corrected chi connectivity index (χ0v) is 6.48. The van der Waals surface area contributed by atoms with E-state index in [1.165, 1.54) is 19.3 Å². The third-order valence-electron chi connectivity index (χ3n) is 1.39. The van der Waals surface area contributed by atoms with Gasteiger partial charge in [0.05, 0.1) is 0 Å². The number of hydrogen-bond acceptors (Lipinski definition) is 1. The smallest absolute Gasteiger partial charge is 0.0227 e. The quantitative estimate of drug-likeness (QED) is 0.597. The first-order chi connectivity index (χ1) is 4.31. The normalized spacial score (nSPS) is 12.7. The van der Waals surface area contributed by atoms with Crippen molar-refractivity contribution in [2.45, 2.75) is 39.2 Å². The van der Waals surface area contributed by atoms with E-state index in [0.717, 1.165) is 0 Å². The molecular formula is C8H17N. The lowest BCUT2D eigenvalue weighted by molar-refractivity contribution is 0.555. The van der Waals surface area contributed by atoms with Crippen LogP contribution in [0.5, 0.6) is 0 Å². The largest absolute Gasteiger partial charge is 0.389 e. The van der Waals surface area contributed by atoms with Gasteiger partial charge in [-0.1, -0.05) is 26.3 Å². The molecule has 0 amide bonds. The molecule has 0 aromatic carbocycles. The van der Waals surface area contributed by atoms with Crippen LogP contribution in [0.1, 0.15) is 33.1 Å². The van der Waals surface area contributed by atoms with Crippen molar-refractivity contribution in [1.82, 2.24) is 5.32 Å². The summed E-state index contributed by atoms with van der Waals surface area (Å²) in [5.74, 6) is 0. The van der Waals surface area contributed by atoms with Gasteiger partial charge in [-0.25, -0.2) is 0 Å². The van der Waals surface area contributed by atoms with E-state index >= 15 is 0 Å². The third-order valence-corrected chi connectivity index (χ3v) is 1.39. The Bertz CT molecular complexity index is 69.0. The second-order valence-corrected chi connectivity index (χ2v) is 2.41. The van der Waals surface area contributed by atoms with Crippen molar-refractivity contribution in [1.29, 1.82) is 0 Å². The van der Waals surface area contributed by atoms with Crippen molar-refractivity contribution in [3.63, 3.8) is 0 Å². The van der Waals surface area contributed by atoms with Gasteiger partial charge in [0.15, 0.2) is 0 Å². The molecule has 0 saturated heterocycles. The van der Waals surface area contributed by atoms with E-state index in [1.807, 2.05) is 0 Å². The molecule has 0 aliphatic heterocycles. The van der Waals surface area contributed by atoms with Crippen LogP contribution in [0.4, 0.5) is 0 Å². The van der Waals surface area contributed by atoms with Crippen LogP contribution in [0.3, 0.4) is 0 Å². The lowest BCUT2D eigenvalue weighted by Crippen LogP contribution is -2.19. The second-order valence-electron chi connectivity index (χ2n) is 2.41. The standard InChI is InChI=1S/C8H17N/c1-4-6-7-8(3)9-5-2/h5,8-9H,2,4,6-7H2,1,3H3. The molecule has 0 aliphatic carbocycles. The Kier molecular flexibility index (Phi) is 5.38. The Morgan fingerprint density at radius 2 is 2.33 bits per heavy atom. The van der Waals surface area contributed by atoms with Crippen molar-refractivity contribution in [2.75, 3.05) is 0 Å².